The first-order valence-electron chi connectivity index (χ1n) is 7.88. The Morgan fingerprint density at radius 3 is 2.43 bits per heavy atom. The van der Waals surface area contributed by atoms with Crippen LogP contribution in [0.4, 0.5) is 23.2 Å². The normalized spacial score (nSPS) is 12.0. The zero-order valence-electron chi connectivity index (χ0n) is 14.4. The van der Waals surface area contributed by atoms with Gasteiger partial charge in [0, 0.05) is 12.2 Å². The van der Waals surface area contributed by atoms with Crippen LogP contribution in [0.25, 0.3) is 0 Å². The van der Waals surface area contributed by atoms with Gasteiger partial charge in [-0.15, -0.1) is 6.58 Å². The highest BCUT2D eigenvalue weighted by molar-refractivity contribution is 7.89. The summed E-state index contributed by atoms with van der Waals surface area (Å²) in [5.41, 5.74) is -1.02. The number of nitrogens with zero attached hydrogens (tertiary/aromatic N) is 1. The second-order valence-electron chi connectivity index (χ2n) is 5.67. The van der Waals surface area contributed by atoms with E-state index in [4.69, 9.17) is 0 Å². The van der Waals surface area contributed by atoms with E-state index >= 15 is 0 Å². The van der Waals surface area contributed by atoms with Crippen molar-refractivity contribution in [3.8, 4) is 0 Å². The van der Waals surface area contributed by atoms with E-state index in [1.165, 1.54) is 18.2 Å². The zero-order valence-corrected chi connectivity index (χ0v) is 15.2. The van der Waals surface area contributed by atoms with Crippen LogP contribution in [0.1, 0.15) is 5.56 Å². The molecule has 0 aromatic heterocycles. The van der Waals surface area contributed by atoms with Gasteiger partial charge in [-0.1, -0.05) is 18.2 Å². The molecular formula is C18H16F4N2O3S. The molecule has 5 nitrogen and oxygen atoms in total. The van der Waals surface area contributed by atoms with Crippen molar-refractivity contribution in [2.75, 3.05) is 18.4 Å². The maximum absolute atomic E-state index is 13.2. The van der Waals surface area contributed by atoms with E-state index in [1.54, 1.807) is 0 Å². The summed E-state index contributed by atoms with van der Waals surface area (Å²) in [6, 6.07) is 8.17. The molecule has 2 aromatic rings. The molecule has 0 saturated heterocycles. The molecular weight excluding hydrogens is 400 g/mol. The maximum atomic E-state index is 13.2. The molecule has 0 saturated carbocycles. The fourth-order valence-corrected chi connectivity index (χ4v) is 3.71. The van der Waals surface area contributed by atoms with Crippen molar-refractivity contribution in [2.45, 2.75) is 11.1 Å². The van der Waals surface area contributed by atoms with Crippen LogP contribution in [0.15, 0.2) is 66.1 Å². The Balaban J connectivity index is 2.26. The summed E-state index contributed by atoms with van der Waals surface area (Å²) >= 11 is 0. The Hall–Kier alpha value is -2.72. The Kier molecular flexibility index (Phi) is 6.57. The minimum absolute atomic E-state index is 0.111. The van der Waals surface area contributed by atoms with Gasteiger partial charge in [-0.05, 0) is 36.4 Å². The van der Waals surface area contributed by atoms with E-state index in [0.717, 1.165) is 30.3 Å². The molecule has 0 radical (unpaired) electrons. The molecule has 0 unspecified atom stereocenters. The number of alkyl halides is 3. The lowest BCUT2D eigenvalue weighted by Crippen LogP contribution is -2.38. The molecule has 0 fully saturated rings. The lowest BCUT2D eigenvalue weighted by Gasteiger charge is -2.21. The zero-order chi connectivity index (χ0) is 20.9. The molecule has 10 heteroatoms. The van der Waals surface area contributed by atoms with Crippen molar-refractivity contribution < 1.29 is 30.8 Å². The highest BCUT2D eigenvalue weighted by atomic mass is 32.2. The third kappa shape index (κ3) is 5.40. The average Bonchev–Trinajstić information content (AvgIpc) is 2.60. The number of halogens is 4. The van der Waals surface area contributed by atoms with Crippen molar-refractivity contribution in [2.24, 2.45) is 0 Å². The lowest BCUT2D eigenvalue weighted by atomic mass is 10.2. The molecule has 0 heterocycles. The van der Waals surface area contributed by atoms with E-state index in [1.807, 2.05) is 0 Å². The molecule has 0 aliphatic rings. The van der Waals surface area contributed by atoms with E-state index in [0.29, 0.717) is 10.4 Å². The number of hydrogen-bond donors (Lipinski definition) is 1. The van der Waals surface area contributed by atoms with Crippen molar-refractivity contribution in [1.82, 2.24) is 4.31 Å². The summed E-state index contributed by atoms with van der Waals surface area (Å²) < 4.78 is 77.9. The summed E-state index contributed by atoms with van der Waals surface area (Å²) in [7, 11) is -4.41. The summed E-state index contributed by atoms with van der Waals surface area (Å²) in [6.45, 7) is 2.40. The fourth-order valence-electron chi connectivity index (χ4n) is 2.30. The maximum Gasteiger partial charge on any atom is 0.416 e. The molecule has 0 aliphatic heterocycles. The Morgan fingerprint density at radius 1 is 1.14 bits per heavy atom. The number of benzene rings is 2. The van der Waals surface area contributed by atoms with Crippen LogP contribution in [0.2, 0.25) is 0 Å². The van der Waals surface area contributed by atoms with Gasteiger partial charge < -0.3 is 5.32 Å². The number of rotatable bonds is 7. The van der Waals surface area contributed by atoms with E-state index in [2.05, 4.69) is 11.9 Å². The van der Waals surface area contributed by atoms with Gasteiger partial charge in [-0.2, -0.15) is 17.5 Å². The van der Waals surface area contributed by atoms with Gasteiger partial charge in [-0.25, -0.2) is 12.8 Å². The van der Waals surface area contributed by atoms with Crippen LogP contribution in [-0.2, 0) is 21.0 Å². The number of anilines is 1. The largest absolute Gasteiger partial charge is 0.416 e. The highest BCUT2D eigenvalue weighted by Crippen LogP contribution is 2.31. The second-order valence-corrected chi connectivity index (χ2v) is 7.61. The number of nitrogens with one attached hydrogen (secondary N) is 1. The Bertz CT molecular complexity index is 975. The number of amides is 1. The van der Waals surface area contributed by atoms with Crippen LogP contribution in [0.3, 0.4) is 0 Å². The minimum atomic E-state index is -4.72. The number of carbonyl (C=O) groups is 1. The van der Waals surface area contributed by atoms with Gasteiger partial charge in [0.25, 0.3) is 0 Å². The molecule has 2 aromatic carbocycles. The predicted octanol–water partition coefficient (Wildman–Crippen LogP) is 3.66. The first kappa shape index (κ1) is 21.6. The summed E-state index contributed by atoms with van der Waals surface area (Å²) in [5, 5.41) is 2.33. The number of hydrogen-bond acceptors (Lipinski definition) is 3. The van der Waals surface area contributed by atoms with E-state index in [-0.39, 0.29) is 12.2 Å². The van der Waals surface area contributed by atoms with Crippen LogP contribution < -0.4 is 5.32 Å². The van der Waals surface area contributed by atoms with Gasteiger partial charge >= 0.3 is 6.18 Å². The Morgan fingerprint density at radius 2 is 1.82 bits per heavy atom. The summed E-state index contributed by atoms with van der Waals surface area (Å²) in [6.07, 6.45) is -3.52. The van der Waals surface area contributed by atoms with Gasteiger partial charge in [-0.3, -0.25) is 4.79 Å². The Labute approximate surface area is 159 Å². The lowest BCUT2D eigenvalue weighted by molar-refractivity contribution is -0.137. The van der Waals surface area contributed by atoms with Crippen LogP contribution in [0.5, 0.6) is 0 Å². The SMILES string of the molecule is C=CCN(CC(=O)Nc1cccc(F)c1)S(=O)(=O)c1cccc(C(F)(F)F)c1. The quantitative estimate of drug-likeness (QED) is 0.553. The molecule has 28 heavy (non-hydrogen) atoms. The van der Waals surface area contributed by atoms with Gasteiger partial charge in [0.15, 0.2) is 0 Å². The first-order valence-corrected chi connectivity index (χ1v) is 9.32. The standard InChI is InChI=1S/C18H16F4N2O3S/c1-2-9-24(12-17(25)23-15-7-4-6-14(19)11-15)28(26,27)16-8-3-5-13(10-16)18(20,21)22/h2-8,10-11H,1,9,12H2,(H,23,25). The van der Waals surface area contributed by atoms with Crippen LogP contribution >= 0.6 is 0 Å². The minimum Gasteiger partial charge on any atom is -0.325 e. The monoisotopic (exact) mass is 416 g/mol. The van der Waals surface area contributed by atoms with Gasteiger partial charge in [0.2, 0.25) is 15.9 Å². The summed E-state index contributed by atoms with van der Waals surface area (Å²) in [5.74, 6) is -1.39. The van der Waals surface area contributed by atoms with Crippen LogP contribution in [-0.4, -0.2) is 31.7 Å². The molecule has 0 atom stereocenters. The molecule has 0 bridgehead atoms. The molecule has 0 aliphatic carbocycles. The smallest absolute Gasteiger partial charge is 0.325 e. The van der Waals surface area contributed by atoms with E-state index in [9.17, 15) is 30.8 Å². The fraction of sp³-hybridized carbons (Fsp3) is 0.167. The predicted molar refractivity (Wildman–Crippen MR) is 95.4 cm³/mol. The van der Waals surface area contributed by atoms with Crippen molar-refractivity contribution in [3.05, 3.63) is 72.6 Å². The topological polar surface area (TPSA) is 66.5 Å². The van der Waals surface area contributed by atoms with Crippen LogP contribution in [0, 0.1) is 5.82 Å². The van der Waals surface area contributed by atoms with Crippen molar-refractivity contribution in [3.63, 3.8) is 0 Å². The molecule has 1 N–H and O–H groups in total. The third-order valence-electron chi connectivity index (χ3n) is 3.56. The van der Waals surface area contributed by atoms with Gasteiger partial charge in [0.1, 0.15) is 5.82 Å². The first-order chi connectivity index (χ1) is 13.0. The van der Waals surface area contributed by atoms with Crippen molar-refractivity contribution in [1.29, 1.82) is 0 Å². The number of sulfonamides is 1. The van der Waals surface area contributed by atoms with Gasteiger partial charge in [0.05, 0.1) is 17.0 Å². The average molecular weight is 416 g/mol. The van der Waals surface area contributed by atoms with Crippen molar-refractivity contribution >= 4 is 21.6 Å². The van der Waals surface area contributed by atoms with E-state index < -0.39 is 44.9 Å². The summed E-state index contributed by atoms with van der Waals surface area (Å²) in [4.78, 5) is 11.6. The molecule has 150 valence electrons. The molecule has 2 rings (SSSR count). The molecule has 1 amide bonds. The third-order valence-corrected chi connectivity index (χ3v) is 5.37. The second kappa shape index (κ2) is 8.53. The highest BCUT2D eigenvalue weighted by Gasteiger charge is 2.33. The molecule has 0 spiro atoms. The number of carbonyl (C=O) groups excluding carboxylic acids is 1.